The molecule has 0 saturated carbocycles. The Morgan fingerprint density at radius 1 is 1.24 bits per heavy atom. The minimum absolute atomic E-state index is 0.637. The van der Waals surface area contributed by atoms with Crippen molar-refractivity contribution in [3.8, 4) is 5.75 Å². The van der Waals surface area contributed by atoms with Gasteiger partial charge in [-0.05, 0) is 38.0 Å². The zero-order chi connectivity index (χ0) is 12.3. The van der Waals surface area contributed by atoms with Crippen LogP contribution >= 0.6 is 0 Å². The van der Waals surface area contributed by atoms with E-state index in [1.54, 1.807) is 0 Å². The molecule has 1 heterocycles. The summed E-state index contributed by atoms with van der Waals surface area (Å²) in [5.74, 6) is 0.199. The third kappa shape index (κ3) is 2.45. The normalized spacial score (nSPS) is 18.3. The van der Waals surface area contributed by atoms with Crippen molar-refractivity contribution in [1.82, 2.24) is 0 Å². The van der Waals surface area contributed by atoms with Crippen molar-refractivity contribution in [1.29, 1.82) is 0 Å². The van der Waals surface area contributed by atoms with Gasteiger partial charge in [-0.25, -0.2) is 0 Å². The SMILES string of the molecule is CCOc1ccc(CC)cc1C1(C)OCCO1. The van der Waals surface area contributed by atoms with E-state index in [0.29, 0.717) is 19.8 Å². The maximum absolute atomic E-state index is 5.71. The molecule has 0 N–H and O–H groups in total. The number of ether oxygens (including phenoxy) is 3. The van der Waals surface area contributed by atoms with E-state index in [0.717, 1.165) is 17.7 Å². The quantitative estimate of drug-likeness (QED) is 0.804. The van der Waals surface area contributed by atoms with E-state index >= 15 is 0 Å². The van der Waals surface area contributed by atoms with Crippen LogP contribution in [-0.4, -0.2) is 19.8 Å². The molecule has 17 heavy (non-hydrogen) atoms. The second-order valence-electron chi connectivity index (χ2n) is 4.26. The Kier molecular flexibility index (Phi) is 3.69. The molecule has 94 valence electrons. The Balaban J connectivity index is 2.40. The van der Waals surface area contributed by atoms with Crippen LogP contribution in [0.25, 0.3) is 0 Å². The molecule has 2 rings (SSSR count). The van der Waals surface area contributed by atoms with Crippen LogP contribution in [0.1, 0.15) is 31.9 Å². The summed E-state index contributed by atoms with van der Waals surface area (Å²) >= 11 is 0. The molecule has 0 aliphatic carbocycles. The van der Waals surface area contributed by atoms with Crippen LogP contribution in [-0.2, 0) is 21.7 Å². The molecule has 3 heteroatoms. The fraction of sp³-hybridized carbons (Fsp3) is 0.571. The highest BCUT2D eigenvalue weighted by Crippen LogP contribution is 2.37. The molecule has 0 atom stereocenters. The van der Waals surface area contributed by atoms with E-state index in [1.165, 1.54) is 5.56 Å². The fourth-order valence-electron chi connectivity index (χ4n) is 2.10. The summed E-state index contributed by atoms with van der Waals surface area (Å²) < 4.78 is 17.1. The smallest absolute Gasteiger partial charge is 0.195 e. The van der Waals surface area contributed by atoms with Gasteiger partial charge in [0.1, 0.15) is 5.75 Å². The molecule has 1 aromatic rings. The van der Waals surface area contributed by atoms with E-state index in [1.807, 2.05) is 19.9 Å². The summed E-state index contributed by atoms with van der Waals surface area (Å²) in [6.07, 6.45) is 0.996. The number of benzene rings is 1. The first-order chi connectivity index (χ1) is 8.19. The van der Waals surface area contributed by atoms with Crippen LogP contribution in [0.4, 0.5) is 0 Å². The van der Waals surface area contributed by atoms with Crippen LogP contribution < -0.4 is 4.74 Å². The maximum atomic E-state index is 5.71. The van der Waals surface area contributed by atoms with Gasteiger partial charge in [-0.15, -0.1) is 0 Å². The second kappa shape index (κ2) is 5.07. The van der Waals surface area contributed by atoms with E-state index < -0.39 is 5.79 Å². The first kappa shape index (κ1) is 12.4. The molecule has 3 nitrogen and oxygen atoms in total. The van der Waals surface area contributed by atoms with Crippen molar-refractivity contribution in [3.05, 3.63) is 29.3 Å². The molecular weight excluding hydrogens is 216 g/mol. The zero-order valence-electron chi connectivity index (χ0n) is 10.8. The van der Waals surface area contributed by atoms with Gasteiger partial charge in [0.2, 0.25) is 0 Å². The van der Waals surface area contributed by atoms with Gasteiger partial charge in [0.05, 0.1) is 25.4 Å². The van der Waals surface area contributed by atoms with Gasteiger partial charge in [-0.3, -0.25) is 0 Å². The van der Waals surface area contributed by atoms with E-state index in [-0.39, 0.29) is 0 Å². The Labute approximate surface area is 103 Å². The molecular formula is C14H20O3. The Morgan fingerprint density at radius 3 is 2.53 bits per heavy atom. The minimum atomic E-state index is -0.657. The van der Waals surface area contributed by atoms with Gasteiger partial charge in [0.25, 0.3) is 0 Å². The van der Waals surface area contributed by atoms with Crippen molar-refractivity contribution < 1.29 is 14.2 Å². The number of aryl methyl sites for hydroxylation is 1. The highest BCUT2D eigenvalue weighted by molar-refractivity contribution is 5.40. The molecule has 0 spiro atoms. The number of rotatable bonds is 4. The summed E-state index contributed by atoms with van der Waals surface area (Å²) in [7, 11) is 0. The molecule has 1 aliphatic heterocycles. The lowest BCUT2D eigenvalue weighted by atomic mass is 10.0. The summed E-state index contributed by atoms with van der Waals surface area (Å²) in [5.41, 5.74) is 2.26. The van der Waals surface area contributed by atoms with Crippen LogP contribution in [0.2, 0.25) is 0 Å². The van der Waals surface area contributed by atoms with Crippen LogP contribution in [0.15, 0.2) is 18.2 Å². The Hall–Kier alpha value is -1.06. The molecule has 0 radical (unpaired) electrons. The van der Waals surface area contributed by atoms with Crippen molar-refractivity contribution >= 4 is 0 Å². The van der Waals surface area contributed by atoms with Gasteiger partial charge in [0.15, 0.2) is 5.79 Å². The van der Waals surface area contributed by atoms with Gasteiger partial charge >= 0.3 is 0 Å². The first-order valence-corrected chi connectivity index (χ1v) is 6.23. The molecule has 1 saturated heterocycles. The van der Waals surface area contributed by atoms with Crippen LogP contribution in [0.5, 0.6) is 5.75 Å². The van der Waals surface area contributed by atoms with Gasteiger partial charge in [0, 0.05) is 0 Å². The lowest BCUT2D eigenvalue weighted by Crippen LogP contribution is -2.23. The third-order valence-corrected chi connectivity index (χ3v) is 3.08. The minimum Gasteiger partial charge on any atom is -0.493 e. The summed E-state index contributed by atoms with van der Waals surface area (Å²) in [6, 6.07) is 6.22. The van der Waals surface area contributed by atoms with E-state index in [9.17, 15) is 0 Å². The molecule has 0 bridgehead atoms. The van der Waals surface area contributed by atoms with E-state index in [4.69, 9.17) is 14.2 Å². The highest BCUT2D eigenvalue weighted by atomic mass is 16.7. The molecule has 0 amide bonds. The topological polar surface area (TPSA) is 27.7 Å². The predicted molar refractivity (Wildman–Crippen MR) is 66.2 cm³/mol. The van der Waals surface area contributed by atoms with Crippen molar-refractivity contribution in [2.24, 2.45) is 0 Å². The van der Waals surface area contributed by atoms with Crippen LogP contribution in [0, 0.1) is 0 Å². The van der Waals surface area contributed by atoms with Gasteiger partial charge in [-0.1, -0.05) is 13.0 Å². The van der Waals surface area contributed by atoms with Gasteiger partial charge < -0.3 is 14.2 Å². The summed E-state index contributed by atoms with van der Waals surface area (Å²) in [6.45, 7) is 8.00. The standard InChI is InChI=1S/C14H20O3/c1-4-11-6-7-13(15-5-2)12(10-11)14(3)16-8-9-17-14/h6-7,10H,4-5,8-9H2,1-3H3. The Bertz CT molecular complexity index is 381. The first-order valence-electron chi connectivity index (χ1n) is 6.23. The molecule has 0 aromatic heterocycles. The maximum Gasteiger partial charge on any atom is 0.195 e. The highest BCUT2D eigenvalue weighted by Gasteiger charge is 2.36. The lowest BCUT2D eigenvalue weighted by Gasteiger charge is -2.25. The number of hydrogen-bond acceptors (Lipinski definition) is 3. The van der Waals surface area contributed by atoms with E-state index in [2.05, 4.69) is 19.1 Å². The predicted octanol–water partition coefficient (Wildman–Crippen LogP) is 2.87. The zero-order valence-corrected chi connectivity index (χ0v) is 10.8. The average Bonchev–Trinajstić information content (AvgIpc) is 2.78. The number of hydrogen-bond donors (Lipinski definition) is 0. The van der Waals surface area contributed by atoms with Crippen molar-refractivity contribution in [2.45, 2.75) is 33.0 Å². The lowest BCUT2D eigenvalue weighted by molar-refractivity contribution is -0.150. The molecule has 1 aliphatic rings. The molecule has 0 unspecified atom stereocenters. The summed E-state index contributed by atoms with van der Waals surface area (Å²) in [4.78, 5) is 0. The van der Waals surface area contributed by atoms with Crippen molar-refractivity contribution in [3.63, 3.8) is 0 Å². The fourth-order valence-corrected chi connectivity index (χ4v) is 2.10. The van der Waals surface area contributed by atoms with Crippen molar-refractivity contribution in [2.75, 3.05) is 19.8 Å². The third-order valence-electron chi connectivity index (χ3n) is 3.08. The second-order valence-corrected chi connectivity index (χ2v) is 4.26. The largest absolute Gasteiger partial charge is 0.493 e. The van der Waals surface area contributed by atoms with Crippen LogP contribution in [0.3, 0.4) is 0 Å². The molecule has 1 fully saturated rings. The molecule has 1 aromatic carbocycles. The average molecular weight is 236 g/mol. The summed E-state index contributed by atoms with van der Waals surface area (Å²) in [5, 5.41) is 0. The Morgan fingerprint density at radius 2 is 1.94 bits per heavy atom. The monoisotopic (exact) mass is 236 g/mol. The van der Waals surface area contributed by atoms with Gasteiger partial charge in [-0.2, -0.15) is 0 Å².